The lowest BCUT2D eigenvalue weighted by molar-refractivity contribution is 0.0697. The van der Waals surface area contributed by atoms with Crippen molar-refractivity contribution in [1.29, 1.82) is 0 Å². The number of aromatic nitrogens is 1. The van der Waals surface area contributed by atoms with E-state index in [1.807, 2.05) is 0 Å². The summed E-state index contributed by atoms with van der Waals surface area (Å²) in [6.07, 6.45) is 1.53. The molecule has 0 amide bonds. The molecule has 0 fully saturated rings. The molecule has 0 bridgehead atoms. The standard InChI is InChI=1S/C8H4BrNO3/c9-6-1-4(8(11)12)2-7-5(6)3-10-13-7/h1-3H,(H,11,12). The van der Waals surface area contributed by atoms with Crippen molar-refractivity contribution in [3.8, 4) is 0 Å². The van der Waals surface area contributed by atoms with E-state index in [0.29, 0.717) is 10.1 Å². The highest BCUT2D eigenvalue weighted by Crippen LogP contribution is 2.25. The average molecular weight is 242 g/mol. The van der Waals surface area contributed by atoms with Gasteiger partial charge < -0.3 is 9.63 Å². The zero-order valence-corrected chi connectivity index (χ0v) is 7.91. The molecule has 0 spiro atoms. The number of benzene rings is 1. The maximum absolute atomic E-state index is 10.6. The molecule has 0 atom stereocenters. The van der Waals surface area contributed by atoms with Gasteiger partial charge in [0, 0.05) is 4.47 Å². The van der Waals surface area contributed by atoms with Gasteiger partial charge in [0.1, 0.15) is 0 Å². The van der Waals surface area contributed by atoms with E-state index >= 15 is 0 Å². The van der Waals surface area contributed by atoms with Gasteiger partial charge in [0.25, 0.3) is 0 Å². The van der Waals surface area contributed by atoms with Crippen LogP contribution in [0, 0.1) is 0 Å². The highest BCUT2D eigenvalue weighted by atomic mass is 79.9. The van der Waals surface area contributed by atoms with Crippen molar-refractivity contribution >= 4 is 32.9 Å². The van der Waals surface area contributed by atoms with Crippen LogP contribution >= 0.6 is 15.9 Å². The zero-order valence-electron chi connectivity index (χ0n) is 6.32. The van der Waals surface area contributed by atoms with Crippen molar-refractivity contribution in [2.75, 3.05) is 0 Å². The minimum absolute atomic E-state index is 0.177. The minimum atomic E-state index is -0.987. The van der Waals surface area contributed by atoms with Gasteiger partial charge in [0.15, 0.2) is 5.58 Å². The first-order valence-electron chi connectivity index (χ1n) is 3.45. The molecule has 2 aromatic rings. The molecule has 1 aromatic heterocycles. The maximum atomic E-state index is 10.6. The summed E-state index contributed by atoms with van der Waals surface area (Å²) in [6.45, 7) is 0. The van der Waals surface area contributed by atoms with Crippen LogP contribution in [-0.4, -0.2) is 16.2 Å². The fourth-order valence-corrected chi connectivity index (χ4v) is 1.60. The van der Waals surface area contributed by atoms with Gasteiger partial charge >= 0.3 is 5.97 Å². The van der Waals surface area contributed by atoms with Crippen LogP contribution in [0.25, 0.3) is 11.0 Å². The number of hydrogen-bond acceptors (Lipinski definition) is 3. The summed E-state index contributed by atoms with van der Waals surface area (Å²) in [5, 5.41) is 13.1. The number of carboxylic acids is 1. The molecule has 0 aliphatic rings. The maximum Gasteiger partial charge on any atom is 0.335 e. The van der Waals surface area contributed by atoms with Crippen molar-refractivity contribution in [2.24, 2.45) is 0 Å². The summed E-state index contributed by atoms with van der Waals surface area (Å²) in [5.41, 5.74) is 0.642. The summed E-state index contributed by atoms with van der Waals surface area (Å²) in [6, 6.07) is 2.96. The van der Waals surface area contributed by atoms with E-state index in [4.69, 9.17) is 9.63 Å². The Bertz CT molecular complexity index is 477. The molecule has 4 nitrogen and oxygen atoms in total. The lowest BCUT2D eigenvalue weighted by Gasteiger charge is -1.95. The Morgan fingerprint density at radius 1 is 1.54 bits per heavy atom. The van der Waals surface area contributed by atoms with Crippen LogP contribution in [0.15, 0.2) is 27.3 Å². The third-order valence-corrected chi connectivity index (χ3v) is 2.33. The molecular weight excluding hydrogens is 238 g/mol. The molecule has 0 saturated heterocycles. The van der Waals surface area contributed by atoms with Gasteiger partial charge in [-0.1, -0.05) is 5.16 Å². The monoisotopic (exact) mass is 241 g/mol. The summed E-state index contributed by atoms with van der Waals surface area (Å²) in [4.78, 5) is 10.6. The number of fused-ring (bicyclic) bond motifs is 1. The van der Waals surface area contributed by atoms with E-state index in [0.717, 1.165) is 5.39 Å². The van der Waals surface area contributed by atoms with E-state index < -0.39 is 5.97 Å². The van der Waals surface area contributed by atoms with Crippen LogP contribution in [0.1, 0.15) is 10.4 Å². The van der Waals surface area contributed by atoms with Crippen LogP contribution in [0.3, 0.4) is 0 Å². The third kappa shape index (κ3) is 1.31. The SMILES string of the molecule is O=C(O)c1cc(Br)c2cnoc2c1. The number of hydrogen-bond donors (Lipinski definition) is 1. The van der Waals surface area contributed by atoms with Crippen molar-refractivity contribution in [2.45, 2.75) is 0 Å². The Hall–Kier alpha value is -1.36. The van der Waals surface area contributed by atoms with Crippen molar-refractivity contribution in [3.63, 3.8) is 0 Å². The number of carboxylic acid groups (broad SMARTS) is 1. The van der Waals surface area contributed by atoms with Gasteiger partial charge in [0.05, 0.1) is 17.1 Å². The van der Waals surface area contributed by atoms with Crippen LogP contribution < -0.4 is 0 Å². The first kappa shape index (κ1) is 8.25. The summed E-state index contributed by atoms with van der Waals surface area (Å²) in [7, 11) is 0. The van der Waals surface area contributed by atoms with Crippen LogP contribution in [-0.2, 0) is 0 Å². The summed E-state index contributed by atoms with van der Waals surface area (Å²) < 4.78 is 5.52. The molecule has 66 valence electrons. The predicted molar refractivity (Wildman–Crippen MR) is 48.7 cm³/mol. The molecule has 1 heterocycles. The highest BCUT2D eigenvalue weighted by Gasteiger charge is 2.09. The molecule has 2 rings (SSSR count). The normalized spacial score (nSPS) is 10.5. The predicted octanol–water partition coefficient (Wildman–Crippen LogP) is 2.29. The summed E-state index contributed by atoms with van der Waals surface area (Å²) in [5.74, 6) is -0.987. The quantitative estimate of drug-likeness (QED) is 0.833. The van der Waals surface area contributed by atoms with Crippen LogP contribution in [0.5, 0.6) is 0 Å². The van der Waals surface area contributed by atoms with Gasteiger partial charge in [-0.25, -0.2) is 4.79 Å². The molecule has 13 heavy (non-hydrogen) atoms. The Labute approximate surface area is 81.3 Å². The van der Waals surface area contributed by atoms with Gasteiger partial charge in [-0.2, -0.15) is 0 Å². The topological polar surface area (TPSA) is 63.3 Å². The molecule has 1 N–H and O–H groups in total. The number of nitrogens with zero attached hydrogens (tertiary/aromatic N) is 1. The fourth-order valence-electron chi connectivity index (χ4n) is 1.05. The number of carbonyl (C=O) groups is 1. The lowest BCUT2D eigenvalue weighted by Crippen LogP contribution is -1.95. The second-order valence-corrected chi connectivity index (χ2v) is 3.36. The van der Waals surface area contributed by atoms with E-state index in [2.05, 4.69) is 21.1 Å². The molecule has 0 unspecified atom stereocenters. The Balaban J connectivity index is 2.77. The van der Waals surface area contributed by atoms with Gasteiger partial charge in [-0.15, -0.1) is 0 Å². The molecular formula is C8H4BrNO3. The number of rotatable bonds is 1. The minimum Gasteiger partial charge on any atom is -0.478 e. The second kappa shape index (κ2) is 2.85. The molecule has 0 aliphatic carbocycles. The lowest BCUT2D eigenvalue weighted by atomic mass is 10.2. The first-order valence-corrected chi connectivity index (χ1v) is 4.25. The highest BCUT2D eigenvalue weighted by molar-refractivity contribution is 9.10. The molecule has 5 heteroatoms. The van der Waals surface area contributed by atoms with Gasteiger partial charge in [-0.05, 0) is 28.1 Å². The third-order valence-electron chi connectivity index (χ3n) is 1.67. The largest absolute Gasteiger partial charge is 0.478 e. The van der Waals surface area contributed by atoms with Crippen LogP contribution in [0.4, 0.5) is 0 Å². The van der Waals surface area contributed by atoms with Crippen molar-refractivity contribution in [3.05, 3.63) is 28.4 Å². The van der Waals surface area contributed by atoms with E-state index in [9.17, 15) is 4.79 Å². The smallest absolute Gasteiger partial charge is 0.335 e. The van der Waals surface area contributed by atoms with E-state index in [1.165, 1.54) is 18.3 Å². The molecule has 1 aromatic carbocycles. The average Bonchev–Trinajstić information content (AvgIpc) is 2.51. The fraction of sp³-hybridized carbons (Fsp3) is 0. The molecule has 0 saturated carbocycles. The van der Waals surface area contributed by atoms with E-state index in [1.54, 1.807) is 0 Å². The van der Waals surface area contributed by atoms with Gasteiger partial charge in [-0.3, -0.25) is 0 Å². The van der Waals surface area contributed by atoms with Crippen molar-refractivity contribution < 1.29 is 14.4 Å². The Morgan fingerprint density at radius 3 is 3.00 bits per heavy atom. The van der Waals surface area contributed by atoms with E-state index in [-0.39, 0.29) is 5.56 Å². The Kier molecular flexibility index (Phi) is 1.81. The molecule has 0 radical (unpaired) electrons. The number of halogens is 1. The zero-order chi connectivity index (χ0) is 9.42. The first-order chi connectivity index (χ1) is 6.18. The summed E-state index contributed by atoms with van der Waals surface area (Å²) >= 11 is 3.23. The molecule has 0 aliphatic heterocycles. The van der Waals surface area contributed by atoms with Crippen molar-refractivity contribution in [1.82, 2.24) is 5.16 Å². The Morgan fingerprint density at radius 2 is 2.31 bits per heavy atom. The second-order valence-electron chi connectivity index (χ2n) is 2.50. The number of aromatic carboxylic acids is 1. The van der Waals surface area contributed by atoms with Crippen LogP contribution in [0.2, 0.25) is 0 Å². The van der Waals surface area contributed by atoms with Gasteiger partial charge in [0.2, 0.25) is 0 Å².